The highest BCUT2D eigenvalue weighted by Crippen LogP contribution is 2.20. The summed E-state index contributed by atoms with van der Waals surface area (Å²) in [5, 5.41) is 6.00. The van der Waals surface area contributed by atoms with Crippen molar-refractivity contribution in [2.75, 3.05) is 5.43 Å². The zero-order valence-corrected chi connectivity index (χ0v) is 12.6. The van der Waals surface area contributed by atoms with E-state index in [2.05, 4.69) is 10.5 Å². The minimum atomic E-state index is 0.586. The molecule has 0 saturated carbocycles. The smallest absolute Gasteiger partial charge is 0.0562 e. The first-order valence-corrected chi connectivity index (χ1v) is 6.95. The van der Waals surface area contributed by atoms with Crippen molar-refractivity contribution in [3.05, 3.63) is 70.2 Å². The summed E-state index contributed by atoms with van der Waals surface area (Å²) in [7, 11) is 0. The molecule has 102 valence electrons. The molecule has 0 saturated heterocycles. The quantitative estimate of drug-likeness (QED) is 0.568. The number of nitrogens with zero attached hydrogens (tertiary/aromatic N) is 1. The molecule has 20 heavy (non-hydrogen) atoms. The van der Waals surface area contributed by atoms with Crippen molar-refractivity contribution in [1.82, 2.24) is 0 Å². The molecule has 0 radical (unpaired) electrons. The highest BCUT2D eigenvalue weighted by atomic mass is 35.5. The molecule has 0 heterocycles. The van der Waals surface area contributed by atoms with Gasteiger partial charge >= 0.3 is 0 Å². The molecule has 0 aromatic heterocycles. The third-order valence-electron chi connectivity index (χ3n) is 2.45. The van der Waals surface area contributed by atoms with Gasteiger partial charge < -0.3 is 0 Å². The maximum Gasteiger partial charge on any atom is 0.0562 e. The number of hydrogen-bond acceptors (Lipinski definition) is 2. The maximum atomic E-state index is 6.14. The first-order chi connectivity index (χ1) is 9.65. The van der Waals surface area contributed by atoms with Crippen LogP contribution in [0, 0.1) is 0 Å². The van der Waals surface area contributed by atoms with Crippen molar-refractivity contribution < 1.29 is 0 Å². The summed E-state index contributed by atoms with van der Waals surface area (Å²) < 4.78 is 0. The summed E-state index contributed by atoms with van der Waals surface area (Å²) in [6, 6.07) is 14.5. The summed E-state index contributed by atoms with van der Waals surface area (Å²) in [6.07, 6.45) is 3.29. The molecule has 0 aliphatic carbocycles. The van der Waals surface area contributed by atoms with E-state index in [1.54, 1.807) is 36.6 Å². The van der Waals surface area contributed by atoms with Gasteiger partial charge in [-0.25, -0.2) is 0 Å². The van der Waals surface area contributed by atoms with Crippen LogP contribution in [0.1, 0.15) is 5.56 Å². The van der Waals surface area contributed by atoms with Crippen LogP contribution in [0.5, 0.6) is 0 Å². The fourth-order valence-electron chi connectivity index (χ4n) is 1.44. The molecule has 0 bridgehead atoms. The first kappa shape index (κ1) is 14.9. The van der Waals surface area contributed by atoms with Gasteiger partial charge in [0.2, 0.25) is 0 Å². The van der Waals surface area contributed by atoms with Gasteiger partial charge in [-0.05, 0) is 48.0 Å². The lowest BCUT2D eigenvalue weighted by atomic mass is 10.2. The highest BCUT2D eigenvalue weighted by Gasteiger charge is 1.96. The number of nitrogens with one attached hydrogen (secondary N) is 1. The van der Waals surface area contributed by atoms with Crippen LogP contribution in [0.25, 0.3) is 5.03 Å². The Hall–Kier alpha value is -1.48. The molecule has 0 fully saturated rings. The van der Waals surface area contributed by atoms with E-state index in [1.165, 1.54) is 0 Å². The molecule has 2 aromatic rings. The van der Waals surface area contributed by atoms with Gasteiger partial charge in [0.15, 0.2) is 0 Å². The maximum absolute atomic E-state index is 6.14. The van der Waals surface area contributed by atoms with E-state index in [0.717, 1.165) is 11.3 Å². The fourth-order valence-corrected chi connectivity index (χ4v) is 1.88. The second kappa shape index (κ2) is 7.34. The van der Waals surface area contributed by atoms with Gasteiger partial charge in [0.05, 0.1) is 5.69 Å². The van der Waals surface area contributed by atoms with Crippen LogP contribution in [-0.4, -0.2) is 6.21 Å². The summed E-state index contributed by atoms with van der Waals surface area (Å²) in [5.41, 5.74) is 4.61. The van der Waals surface area contributed by atoms with Gasteiger partial charge in [-0.15, -0.1) is 0 Å². The molecular weight excluding hydrogens is 315 g/mol. The predicted octanol–water partition coefficient (Wildman–Crippen LogP) is 5.67. The lowest BCUT2D eigenvalue weighted by Gasteiger charge is -1.99. The van der Waals surface area contributed by atoms with E-state index in [1.807, 2.05) is 24.3 Å². The molecule has 0 spiro atoms. The number of anilines is 1. The Morgan fingerprint density at radius 1 is 0.900 bits per heavy atom. The van der Waals surface area contributed by atoms with Gasteiger partial charge in [0.25, 0.3) is 0 Å². The molecule has 0 unspecified atom stereocenters. The second-order valence-corrected chi connectivity index (χ2v) is 5.20. The Kier molecular flexibility index (Phi) is 5.48. The van der Waals surface area contributed by atoms with Crippen molar-refractivity contribution in [3.8, 4) is 0 Å². The minimum Gasteiger partial charge on any atom is -0.279 e. The van der Waals surface area contributed by atoms with Crippen LogP contribution in [-0.2, 0) is 0 Å². The van der Waals surface area contributed by atoms with E-state index >= 15 is 0 Å². The van der Waals surface area contributed by atoms with Crippen LogP contribution >= 0.6 is 34.8 Å². The Labute approximate surface area is 132 Å². The Bertz CT molecular complexity index is 617. The van der Waals surface area contributed by atoms with E-state index in [9.17, 15) is 0 Å². The third kappa shape index (κ3) is 4.57. The summed E-state index contributed by atoms with van der Waals surface area (Å²) in [6.45, 7) is 0. The average Bonchev–Trinajstić information content (AvgIpc) is 2.46. The zero-order chi connectivity index (χ0) is 14.4. The van der Waals surface area contributed by atoms with Gasteiger partial charge in [-0.3, -0.25) is 5.43 Å². The lowest BCUT2D eigenvalue weighted by molar-refractivity contribution is 1.36. The molecule has 2 nitrogen and oxygen atoms in total. The number of rotatable bonds is 4. The minimum absolute atomic E-state index is 0.586. The number of hydrogen-bond donors (Lipinski definition) is 1. The second-order valence-electron chi connectivity index (χ2n) is 3.92. The molecular formula is C15H11Cl3N2. The van der Waals surface area contributed by atoms with Gasteiger partial charge in [0.1, 0.15) is 0 Å². The monoisotopic (exact) mass is 324 g/mol. The van der Waals surface area contributed by atoms with E-state index in [-0.39, 0.29) is 0 Å². The summed E-state index contributed by atoms with van der Waals surface area (Å²) in [5.74, 6) is 0. The van der Waals surface area contributed by atoms with Crippen LogP contribution in [0.4, 0.5) is 5.69 Å². The van der Waals surface area contributed by atoms with Crippen molar-refractivity contribution in [1.29, 1.82) is 0 Å². The number of benzene rings is 2. The molecule has 0 aliphatic heterocycles. The first-order valence-electron chi connectivity index (χ1n) is 5.81. The van der Waals surface area contributed by atoms with Gasteiger partial charge in [-0.2, -0.15) is 5.10 Å². The van der Waals surface area contributed by atoms with E-state index in [4.69, 9.17) is 34.8 Å². The standard InChI is InChI=1S/C15H11Cl3N2/c16-12-3-1-11(2-4-12)15(18)9-10-19-20-14-7-5-13(17)6-8-14/h1-10,20H/b15-9+,19-10-. The van der Waals surface area contributed by atoms with Crippen LogP contribution in [0.3, 0.4) is 0 Å². The topological polar surface area (TPSA) is 24.4 Å². The van der Waals surface area contributed by atoms with Crippen molar-refractivity contribution >= 4 is 51.7 Å². The molecule has 0 aliphatic rings. The van der Waals surface area contributed by atoms with Gasteiger partial charge in [-0.1, -0.05) is 46.9 Å². The molecule has 2 rings (SSSR count). The number of hydrazone groups is 1. The molecule has 5 heteroatoms. The highest BCUT2D eigenvalue weighted by molar-refractivity contribution is 6.49. The number of allylic oxidation sites excluding steroid dienone is 1. The lowest BCUT2D eigenvalue weighted by Crippen LogP contribution is -1.87. The zero-order valence-electron chi connectivity index (χ0n) is 10.4. The Morgan fingerprint density at radius 3 is 2.05 bits per heavy atom. The third-order valence-corrected chi connectivity index (χ3v) is 3.30. The Balaban J connectivity index is 1.96. The van der Waals surface area contributed by atoms with E-state index < -0.39 is 0 Å². The van der Waals surface area contributed by atoms with Crippen LogP contribution < -0.4 is 5.43 Å². The summed E-state index contributed by atoms with van der Waals surface area (Å²) in [4.78, 5) is 0. The van der Waals surface area contributed by atoms with Crippen molar-refractivity contribution in [2.45, 2.75) is 0 Å². The van der Waals surface area contributed by atoms with Gasteiger partial charge in [0, 0.05) is 21.3 Å². The molecule has 1 N–H and O–H groups in total. The van der Waals surface area contributed by atoms with Crippen LogP contribution in [0.2, 0.25) is 10.0 Å². The SMILES string of the molecule is Cl/C(=C/C=N\Nc1ccc(Cl)cc1)c1ccc(Cl)cc1. The fraction of sp³-hybridized carbons (Fsp3) is 0. The average molecular weight is 326 g/mol. The Morgan fingerprint density at radius 2 is 1.45 bits per heavy atom. The molecule has 2 aromatic carbocycles. The van der Waals surface area contributed by atoms with Crippen LogP contribution in [0.15, 0.2) is 59.7 Å². The summed E-state index contributed by atoms with van der Waals surface area (Å²) >= 11 is 17.7. The number of halogens is 3. The molecule has 0 atom stereocenters. The predicted molar refractivity (Wildman–Crippen MR) is 88.8 cm³/mol. The van der Waals surface area contributed by atoms with E-state index in [0.29, 0.717) is 15.1 Å². The normalized spacial score (nSPS) is 11.8. The van der Waals surface area contributed by atoms with Crippen molar-refractivity contribution in [3.63, 3.8) is 0 Å². The largest absolute Gasteiger partial charge is 0.279 e. The molecule has 0 amide bonds. The van der Waals surface area contributed by atoms with Crippen molar-refractivity contribution in [2.24, 2.45) is 5.10 Å².